The summed E-state index contributed by atoms with van der Waals surface area (Å²) < 4.78 is 32.2. The van der Waals surface area contributed by atoms with E-state index in [1.165, 1.54) is 13.3 Å². The number of Topliss-reactive ketones (excluding diaryl/α,β-unsaturated/α-hetero) is 1. The minimum Gasteiger partial charge on any atom is -0.341 e. The van der Waals surface area contributed by atoms with E-state index in [-0.39, 0.29) is 11.7 Å². The Bertz CT molecular complexity index is 935. The number of hydrogen-bond acceptors (Lipinski definition) is 7. The first-order valence-corrected chi connectivity index (χ1v) is 12.7. The Hall–Kier alpha value is -1.84. The molecule has 184 valence electrons. The molecule has 0 aromatic heterocycles. The molecule has 0 radical (unpaired) electrons. The maximum atomic E-state index is 13.4. The summed E-state index contributed by atoms with van der Waals surface area (Å²) in [5.74, 6) is -1.67. The standard InChI is InChI=1S/C26H33NO7/c1-16(28)17-8-10-18(11-9-17)27-23(29)21-19-20(32-25(31-19)12-4-2-5-13-25)22-24(30-21)34-26(33-22)14-6-3-7-15-26/h8-11,19-22,24H,2-7,12-15H2,1H3,(H,27,29)/t19-,20+,21+,22-,24+/m1/s1. The van der Waals surface area contributed by atoms with Crippen LogP contribution in [0.1, 0.15) is 81.5 Å². The molecule has 5 atom stereocenters. The van der Waals surface area contributed by atoms with Crippen molar-refractivity contribution in [2.75, 3.05) is 5.32 Å². The number of rotatable bonds is 3. The number of amides is 1. The van der Waals surface area contributed by atoms with Crippen molar-refractivity contribution in [2.24, 2.45) is 0 Å². The highest BCUT2D eigenvalue weighted by Crippen LogP contribution is 2.51. The van der Waals surface area contributed by atoms with E-state index >= 15 is 0 Å². The summed E-state index contributed by atoms with van der Waals surface area (Å²) in [6, 6.07) is 6.84. The summed E-state index contributed by atoms with van der Waals surface area (Å²) >= 11 is 0. The van der Waals surface area contributed by atoms with E-state index in [2.05, 4.69) is 5.32 Å². The summed E-state index contributed by atoms with van der Waals surface area (Å²) in [6.07, 6.45) is 6.82. The molecule has 5 aliphatic rings. The molecule has 3 heterocycles. The average Bonchev–Trinajstić information content (AvgIpc) is 3.37. The zero-order valence-electron chi connectivity index (χ0n) is 19.6. The van der Waals surface area contributed by atoms with Crippen LogP contribution in [0.3, 0.4) is 0 Å². The SMILES string of the molecule is CC(=O)c1ccc(NC(=O)[C@H]2O[C@H]3OC4(CCCCC4)O[C@@H]3[C@H]3OC4(CCCCC4)O[C@H]32)cc1. The Morgan fingerprint density at radius 3 is 1.94 bits per heavy atom. The average molecular weight is 472 g/mol. The van der Waals surface area contributed by atoms with Crippen molar-refractivity contribution in [3.8, 4) is 0 Å². The van der Waals surface area contributed by atoms with Gasteiger partial charge in [-0.15, -0.1) is 0 Å². The van der Waals surface area contributed by atoms with Crippen LogP contribution in [-0.4, -0.2) is 54.0 Å². The van der Waals surface area contributed by atoms with Gasteiger partial charge < -0.3 is 29.0 Å². The number of fused-ring (bicyclic) bond motifs is 3. The molecule has 6 rings (SSSR count). The third kappa shape index (κ3) is 3.99. The van der Waals surface area contributed by atoms with Crippen molar-refractivity contribution in [1.82, 2.24) is 0 Å². The second kappa shape index (κ2) is 8.68. The van der Waals surface area contributed by atoms with Gasteiger partial charge in [-0.25, -0.2) is 0 Å². The highest BCUT2D eigenvalue weighted by Gasteiger charge is 2.65. The van der Waals surface area contributed by atoms with Gasteiger partial charge in [0.25, 0.3) is 5.91 Å². The second-order valence-corrected chi connectivity index (χ2v) is 10.4. The lowest BCUT2D eigenvalue weighted by molar-refractivity contribution is -0.246. The number of nitrogens with one attached hydrogen (secondary N) is 1. The van der Waals surface area contributed by atoms with Gasteiger partial charge in [0.2, 0.25) is 0 Å². The topological polar surface area (TPSA) is 92.3 Å². The molecule has 8 heteroatoms. The fraction of sp³-hybridized carbons (Fsp3) is 0.692. The second-order valence-electron chi connectivity index (χ2n) is 10.4. The molecule has 1 aromatic carbocycles. The summed E-state index contributed by atoms with van der Waals surface area (Å²) in [6.45, 7) is 1.52. The first-order valence-electron chi connectivity index (χ1n) is 12.7. The number of hydrogen-bond donors (Lipinski definition) is 1. The molecule has 8 nitrogen and oxygen atoms in total. The van der Waals surface area contributed by atoms with E-state index < -0.39 is 42.3 Å². The van der Waals surface area contributed by atoms with Crippen LogP contribution >= 0.6 is 0 Å². The minimum atomic E-state index is -0.887. The molecule has 3 aliphatic heterocycles. The van der Waals surface area contributed by atoms with E-state index in [1.807, 2.05) is 0 Å². The minimum absolute atomic E-state index is 0.0216. The maximum absolute atomic E-state index is 13.4. The van der Waals surface area contributed by atoms with Crippen LogP contribution < -0.4 is 5.32 Å². The van der Waals surface area contributed by atoms with E-state index in [1.54, 1.807) is 24.3 Å². The van der Waals surface area contributed by atoms with E-state index in [4.69, 9.17) is 23.7 Å². The zero-order chi connectivity index (χ0) is 23.3. The molecule has 3 saturated heterocycles. The Morgan fingerprint density at radius 2 is 1.32 bits per heavy atom. The highest BCUT2D eigenvalue weighted by atomic mass is 16.9. The first kappa shape index (κ1) is 22.6. The van der Waals surface area contributed by atoms with Crippen molar-refractivity contribution in [1.29, 1.82) is 0 Å². The maximum Gasteiger partial charge on any atom is 0.256 e. The van der Waals surface area contributed by atoms with E-state index in [9.17, 15) is 9.59 Å². The molecule has 1 amide bonds. The Kier molecular flexibility index (Phi) is 5.77. The number of benzene rings is 1. The quantitative estimate of drug-likeness (QED) is 0.664. The number of carbonyl (C=O) groups is 2. The van der Waals surface area contributed by atoms with E-state index in [0.717, 1.165) is 57.8 Å². The van der Waals surface area contributed by atoms with Crippen LogP contribution in [0.4, 0.5) is 5.69 Å². The number of ether oxygens (including phenoxy) is 5. The van der Waals surface area contributed by atoms with Crippen molar-refractivity contribution in [2.45, 2.75) is 113 Å². The molecule has 34 heavy (non-hydrogen) atoms. The van der Waals surface area contributed by atoms with Crippen LogP contribution in [0.5, 0.6) is 0 Å². The van der Waals surface area contributed by atoms with Gasteiger partial charge >= 0.3 is 0 Å². The lowest BCUT2D eigenvalue weighted by Gasteiger charge is -2.36. The van der Waals surface area contributed by atoms with Crippen LogP contribution in [0.2, 0.25) is 0 Å². The van der Waals surface area contributed by atoms with Crippen LogP contribution in [-0.2, 0) is 28.5 Å². The molecule has 0 unspecified atom stereocenters. The molecule has 2 spiro atoms. The highest BCUT2D eigenvalue weighted by molar-refractivity contribution is 5.97. The monoisotopic (exact) mass is 471 g/mol. The largest absolute Gasteiger partial charge is 0.341 e. The summed E-state index contributed by atoms with van der Waals surface area (Å²) in [7, 11) is 0. The number of ketones is 1. The van der Waals surface area contributed by atoms with Gasteiger partial charge in [0, 0.05) is 36.9 Å². The number of anilines is 1. The molecule has 2 saturated carbocycles. The Morgan fingerprint density at radius 1 is 0.765 bits per heavy atom. The molecule has 1 aromatic rings. The van der Waals surface area contributed by atoms with Gasteiger partial charge in [-0.05, 0) is 56.9 Å². The fourth-order valence-corrected chi connectivity index (χ4v) is 6.17. The Balaban J connectivity index is 1.25. The lowest BCUT2D eigenvalue weighted by atomic mass is 9.94. The normalized spacial score (nSPS) is 35.6. The lowest BCUT2D eigenvalue weighted by Crippen LogP contribution is -2.58. The van der Waals surface area contributed by atoms with Gasteiger partial charge in [-0.2, -0.15) is 0 Å². The third-order valence-corrected chi connectivity index (χ3v) is 7.93. The molecule has 2 aliphatic carbocycles. The van der Waals surface area contributed by atoms with Crippen molar-refractivity contribution >= 4 is 17.4 Å². The molecular weight excluding hydrogens is 438 g/mol. The Labute approximate surface area is 199 Å². The first-order chi connectivity index (χ1) is 16.5. The summed E-state index contributed by atoms with van der Waals surface area (Å²) in [4.78, 5) is 25.0. The van der Waals surface area contributed by atoms with Crippen LogP contribution in [0.15, 0.2) is 24.3 Å². The molecule has 5 fully saturated rings. The van der Waals surface area contributed by atoms with Crippen molar-refractivity contribution in [3.63, 3.8) is 0 Å². The van der Waals surface area contributed by atoms with Gasteiger partial charge in [0.05, 0.1) is 0 Å². The van der Waals surface area contributed by atoms with Gasteiger partial charge in [0.15, 0.2) is 29.8 Å². The third-order valence-electron chi connectivity index (χ3n) is 7.93. The molecule has 0 bridgehead atoms. The van der Waals surface area contributed by atoms with Crippen LogP contribution in [0, 0.1) is 0 Å². The predicted molar refractivity (Wildman–Crippen MR) is 121 cm³/mol. The van der Waals surface area contributed by atoms with Gasteiger partial charge in [-0.3, -0.25) is 9.59 Å². The smallest absolute Gasteiger partial charge is 0.256 e. The fourth-order valence-electron chi connectivity index (χ4n) is 6.17. The predicted octanol–water partition coefficient (Wildman–Crippen LogP) is 4.07. The molecular formula is C26H33NO7. The van der Waals surface area contributed by atoms with Gasteiger partial charge in [0.1, 0.15) is 18.3 Å². The summed E-state index contributed by atoms with van der Waals surface area (Å²) in [5.41, 5.74) is 1.19. The summed E-state index contributed by atoms with van der Waals surface area (Å²) in [5, 5.41) is 2.93. The van der Waals surface area contributed by atoms with Crippen molar-refractivity contribution < 1.29 is 33.3 Å². The zero-order valence-corrected chi connectivity index (χ0v) is 19.6. The van der Waals surface area contributed by atoms with Gasteiger partial charge in [-0.1, -0.05) is 12.8 Å². The van der Waals surface area contributed by atoms with E-state index in [0.29, 0.717) is 11.3 Å². The number of carbonyl (C=O) groups excluding carboxylic acids is 2. The van der Waals surface area contributed by atoms with Crippen LogP contribution in [0.25, 0.3) is 0 Å². The molecule has 1 N–H and O–H groups in total. The van der Waals surface area contributed by atoms with Crippen molar-refractivity contribution in [3.05, 3.63) is 29.8 Å².